The van der Waals surface area contributed by atoms with Crippen LogP contribution in [-0.2, 0) is 4.74 Å². The Morgan fingerprint density at radius 1 is 1.00 bits per heavy atom. The van der Waals surface area contributed by atoms with E-state index in [2.05, 4.69) is 5.32 Å². The molecule has 0 bridgehead atoms. The van der Waals surface area contributed by atoms with Crippen molar-refractivity contribution in [3.63, 3.8) is 0 Å². The summed E-state index contributed by atoms with van der Waals surface area (Å²) in [6.07, 6.45) is -0.441. The minimum absolute atomic E-state index is 0.441. The number of anilines is 1. The maximum Gasteiger partial charge on any atom is 0.412 e. The molecule has 3 nitrogen and oxygen atoms in total. The van der Waals surface area contributed by atoms with Crippen LogP contribution in [-0.4, -0.2) is 11.7 Å². The molecule has 1 amide bonds. The fraction of sp³-hybridized carbons (Fsp3) is 0.235. The van der Waals surface area contributed by atoms with Crippen LogP contribution in [0.15, 0.2) is 64.4 Å². The van der Waals surface area contributed by atoms with E-state index in [4.69, 9.17) is 4.74 Å². The number of hydrogen-bond acceptors (Lipinski definition) is 3. The number of hydrogen-bond donors (Lipinski definition) is 1. The molecule has 0 aromatic heterocycles. The van der Waals surface area contributed by atoms with Gasteiger partial charge in [-0.1, -0.05) is 42.1 Å². The van der Waals surface area contributed by atoms with Gasteiger partial charge in [0, 0.05) is 9.79 Å². The maximum atomic E-state index is 11.9. The predicted molar refractivity (Wildman–Crippen MR) is 86.9 cm³/mol. The van der Waals surface area contributed by atoms with Crippen LogP contribution in [0.2, 0.25) is 0 Å². The highest BCUT2D eigenvalue weighted by molar-refractivity contribution is 7.99. The van der Waals surface area contributed by atoms with Gasteiger partial charge in [0.15, 0.2) is 0 Å². The molecule has 1 N–H and O–H groups in total. The number of carbonyl (C=O) groups excluding carboxylic acids is 1. The lowest BCUT2D eigenvalue weighted by atomic mass is 10.2. The number of carbonyl (C=O) groups is 1. The Balaban J connectivity index is 2.12. The van der Waals surface area contributed by atoms with Crippen LogP contribution in [0.25, 0.3) is 0 Å². The molecule has 21 heavy (non-hydrogen) atoms. The highest BCUT2D eigenvalue weighted by atomic mass is 32.2. The highest BCUT2D eigenvalue weighted by Crippen LogP contribution is 2.33. The van der Waals surface area contributed by atoms with E-state index in [0.717, 1.165) is 15.5 Å². The quantitative estimate of drug-likeness (QED) is 0.848. The molecule has 0 aliphatic rings. The summed E-state index contributed by atoms with van der Waals surface area (Å²) in [6.45, 7) is 5.53. The average molecular weight is 301 g/mol. The van der Waals surface area contributed by atoms with E-state index in [1.807, 2.05) is 75.4 Å². The molecule has 2 aromatic rings. The molecular formula is C17H19NO2S. The van der Waals surface area contributed by atoms with Gasteiger partial charge in [0.05, 0.1) is 5.69 Å². The minimum atomic E-state index is -0.508. The maximum absolute atomic E-state index is 11.9. The Hall–Kier alpha value is -1.94. The van der Waals surface area contributed by atoms with E-state index >= 15 is 0 Å². The molecule has 0 radical (unpaired) electrons. The first-order valence-corrected chi connectivity index (χ1v) is 7.58. The smallest absolute Gasteiger partial charge is 0.412 e. The van der Waals surface area contributed by atoms with E-state index < -0.39 is 11.7 Å². The van der Waals surface area contributed by atoms with E-state index in [0.29, 0.717) is 0 Å². The molecule has 0 atom stereocenters. The fourth-order valence-electron chi connectivity index (χ4n) is 1.69. The highest BCUT2D eigenvalue weighted by Gasteiger charge is 2.17. The number of amides is 1. The lowest BCUT2D eigenvalue weighted by Crippen LogP contribution is -2.27. The summed E-state index contributed by atoms with van der Waals surface area (Å²) >= 11 is 1.60. The number of benzene rings is 2. The zero-order valence-corrected chi connectivity index (χ0v) is 13.2. The second-order valence-corrected chi connectivity index (χ2v) is 6.65. The van der Waals surface area contributed by atoms with Crippen LogP contribution in [0.4, 0.5) is 10.5 Å². The van der Waals surface area contributed by atoms with E-state index in [-0.39, 0.29) is 0 Å². The van der Waals surface area contributed by atoms with Gasteiger partial charge in [-0.3, -0.25) is 5.32 Å². The second kappa shape index (κ2) is 6.68. The van der Waals surface area contributed by atoms with Crippen molar-refractivity contribution in [3.8, 4) is 0 Å². The lowest BCUT2D eigenvalue weighted by molar-refractivity contribution is 0.0635. The van der Waals surface area contributed by atoms with Gasteiger partial charge in [0.1, 0.15) is 5.60 Å². The van der Waals surface area contributed by atoms with Gasteiger partial charge < -0.3 is 4.74 Å². The van der Waals surface area contributed by atoms with Crippen molar-refractivity contribution < 1.29 is 9.53 Å². The van der Waals surface area contributed by atoms with Gasteiger partial charge >= 0.3 is 6.09 Å². The zero-order chi connectivity index (χ0) is 15.3. The van der Waals surface area contributed by atoms with Gasteiger partial charge in [-0.25, -0.2) is 4.79 Å². The van der Waals surface area contributed by atoms with E-state index in [1.54, 1.807) is 11.8 Å². The summed E-state index contributed by atoms with van der Waals surface area (Å²) < 4.78 is 5.29. The molecule has 4 heteroatoms. The lowest BCUT2D eigenvalue weighted by Gasteiger charge is -2.20. The SMILES string of the molecule is CC(C)(C)OC(=O)Nc1ccccc1Sc1ccccc1. The van der Waals surface area contributed by atoms with Crippen molar-refractivity contribution >= 4 is 23.5 Å². The Kier molecular flexibility index (Phi) is 4.91. The van der Waals surface area contributed by atoms with Gasteiger partial charge in [0.25, 0.3) is 0 Å². The third kappa shape index (κ3) is 5.16. The first kappa shape index (κ1) is 15.4. The number of ether oxygens (including phenoxy) is 1. The number of rotatable bonds is 3. The van der Waals surface area contributed by atoms with E-state index in [1.165, 1.54) is 0 Å². The van der Waals surface area contributed by atoms with Gasteiger partial charge in [-0.2, -0.15) is 0 Å². The summed E-state index contributed by atoms with van der Waals surface area (Å²) in [5.41, 5.74) is 0.242. The standard InChI is InChI=1S/C17H19NO2S/c1-17(2,3)20-16(19)18-14-11-7-8-12-15(14)21-13-9-5-4-6-10-13/h4-12H,1-3H3,(H,18,19). The molecule has 2 aromatic carbocycles. The first-order valence-electron chi connectivity index (χ1n) is 6.76. The summed E-state index contributed by atoms with van der Waals surface area (Å²) in [7, 11) is 0. The summed E-state index contributed by atoms with van der Waals surface area (Å²) in [5.74, 6) is 0. The Morgan fingerprint density at radius 2 is 1.62 bits per heavy atom. The van der Waals surface area contributed by atoms with Gasteiger partial charge in [-0.15, -0.1) is 0 Å². The molecular weight excluding hydrogens is 282 g/mol. The molecule has 2 rings (SSSR count). The molecule has 0 aliphatic carbocycles. The largest absolute Gasteiger partial charge is 0.444 e. The molecule has 110 valence electrons. The van der Waals surface area contributed by atoms with Crippen LogP contribution in [0.3, 0.4) is 0 Å². The Labute approximate surface area is 129 Å². The topological polar surface area (TPSA) is 38.3 Å². The van der Waals surface area contributed by atoms with Crippen LogP contribution < -0.4 is 5.32 Å². The zero-order valence-electron chi connectivity index (χ0n) is 12.4. The number of para-hydroxylation sites is 1. The van der Waals surface area contributed by atoms with Crippen LogP contribution in [0, 0.1) is 0 Å². The van der Waals surface area contributed by atoms with E-state index in [9.17, 15) is 4.79 Å². The third-order valence-electron chi connectivity index (χ3n) is 2.49. The van der Waals surface area contributed by atoms with Crippen molar-refractivity contribution in [1.82, 2.24) is 0 Å². The molecule has 0 unspecified atom stereocenters. The van der Waals surface area contributed by atoms with Gasteiger partial charge in [0.2, 0.25) is 0 Å². The number of nitrogens with one attached hydrogen (secondary N) is 1. The molecule has 0 aliphatic heterocycles. The van der Waals surface area contributed by atoms with Crippen molar-refractivity contribution in [2.24, 2.45) is 0 Å². The molecule has 0 fully saturated rings. The van der Waals surface area contributed by atoms with Crippen molar-refractivity contribution in [2.75, 3.05) is 5.32 Å². The monoisotopic (exact) mass is 301 g/mol. The van der Waals surface area contributed by atoms with Crippen molar-refractivity contribution in [3.05, 3.63) is 54.6 Å². The summed E-state index contributed by atoms with van der Waals surface area (Å²) in [5, 5.41) is 2.81. The Morgan fingerprint density at radius 3 is 2.29 bits per heavy atom. The van der Waals surface area contributed by atoms with Crippen molar-refractivity contribution in [1.29, 1.82) is 0 Å². The van der Waals surface area contributed by atoms with Crippen LogP contribution >= 0.6 is 11.8 Å². The molecule has 0 saturated heterocycles. The fourth-order valence-corrected chi connectivity index (χ4v) is 2.61. The average Bonchev–Trinajstić information content (AvgIpc) is 2.40. The first-order chi connectivity index (χ1) is 9.94. The third-order valence-corrected chi connectivity index (χ3v) is 3.58. The molecule has 0 saturated carbocycles. The molecule has 0 spiro atoms. The summed E-state index contributed by atoms with van der Waals surface area (Å²) in [6, 6.07) is 17.7. The normalized spacial score (nSPS) is 11.0. The second-order valence-electron chi connectivity index (χ2n) is 5.54. The minimum Gasteiger partial charge on any atom is -0.444 e. The van der Waals surface area contributed by atoms with Crippen LogP contribution in [0.1, 0.15) is 20.8 Å². The van der Waals surface area contributed by atoms with Gasteiger partial charge in [-0.05, 0) is 45.0 Å². The Bertz CT molecular complexity index is 606. The summed E-state index contributed by atoms with van der Waals surface area (Å²) in [4.78, 5) is 14.0. The predicted octanol–water partition coefficient (Wildman–Crippen LogP) is 5.18. The van der Waals surface area contributed by atoms with Crippen molar-refractivity contribution in [2.45, 2.75) is 36.2 Å². The van der Waals surface area contributed by atoms with Crippen LogP contribution in [0.5, 0.6) is 0 Å². The molecule has 0 heterocycles.